The molecule has 15 heavy (non-hydrogen) atoms. The highest BCUT2D eigenvalue weighted by molar-refractivity contribution is 9.10. The Kier molecular flexibility index (Phi) is 4.47. The molecule has 0 unspecified atom stereocenters. The average Bonchev–Trinajstić information content (AvgIpc) is 2.17. The van der Waals surface area contributed by atoms with E-state index in [0.29, 0.717) is 11.3 Å². The number of hydrogen-bond acceptors (Lipinski definition) is 2. The summed E-state index contributed by atoms with van der Waals surface area (Å²) < 4.78 is 30.0. The van der Waals surface area contributed by atoms with Gasteiger partial charge >= 0.3 is 0 Å². The Morgan fingerprint density at radius 3 is 2.67 bits per heavy atom. The van der Waals surface area contributed by atoms with Gasteiger partial charge in [0, 0.05) is 16.9 Å². The summed E-state index contributed by atoms with van der Waals surface area (Å²) in [7, 11) is 1.52. The van der Waals surface area contributed by atoms with Gasteiger partial charge in [0.25, 0.3) is 0 Å². The maximum absolute atomic E-state index is 12.2. The number of methoxy groups -OCH3 is 1. The van der Waals surface area contributed by atoms with Crippen LogP contribution in [0.3, 0.4) is 0 Å². The molecule has 0 heterocycles. The Morgan fingerprint density at radius 1 is 1.47 bits per heavy atom. The van der Waals surface area contributed by atoms with E-state index in [-0.39, 0.29) is 6.42 Å². The van der Waals surface area contributed by atoms with Gasteiger partial charge in [-0.3, -0.25) is 0 Å². The molecule has 0 radical (unpaired) electrons. The fourth-order valence-electron chi connectivity index (χ4n) is 1.25. The zero-order valence-electron chi connectivity index (χ0n) is 8.21. The first-order chi connectivity index (χ1) is 7.04. The van der Waals surface area contributed by atoms with Crippen molar-refractivity contribution in [2.75, 3.05) is 7.11 Å². The quantitative estimate of drug-likeness (QED) is 0.919. The first-order valence-corrected chi connectivity index (χ1v) is 5.21. The van der Waals surface area contributed by atoms with E-state index in [2.05, 4.69) is 15.9 Å². The minimum Gasteiger partial charge on any atom is -0.497 e. The minimum atomic E-state index is -2.40. The van der Waals surface area contributed by atoms with Crippen molar-refractivity contribution in [1.82, 2.24) is 0 Å². The van der Waals surface area contributed by atoms with Gasteiger partial charge in [0.15, 0.2) is 0 Å². The molecule has 0 aliphatic heterocycles. The molecule has 0 spiro atoms. The number of hydrogen-bond donors (Lipinski definition) is 1. The third-order valence-corrected chi connectivity index (χ3v) is 2.76. The highest BCUT2D eigenvalue weighted by Crippen LogP contribution is 2.29. The van der Waals surface area contributed by atoms with Gasteiger partial charge in [0.05, 0.1) is 7.11 Å². The molecule has 1 rings (SSSR count). The van der Waals surface area contributed by atoms with Crippen molar-refractivity contribution in [3.05, 3.63) is 28.2 Å². The Labute approximate surface area is 95.5 Å². The highest BCUT2D eigenvalue weighted by atomic mass is 79.9. The largest absolute Gasteiger partial charge is 0.497 e. The van der Waals surface area contributed by atoms with Crippen molar-refractivity contribution < 1.29 is 13.5 Å². The van der Waals surface area contributed by atoms with Crippen molar-refractivity contribution in [3.8, 4) is 5.75 Å². The van der Waals surface area contributed by atoms with Crippen molar-refractivity contribution in [3.63, 3.8) is 0 Å². The molecule has 0 aromatic heterocycles. The number of nitrogens with two attached hydrogens (primary N) is 1. The first kappa shape index (κ1) is 12.4. The van der Waals surface area contributed by atoms with E-state index in [9.17, 15) is 8.78 Å². The minimum absolute atomic E-state index is 0.355. The van der Waals surface area contributed by atoms with Gasteiger partial charge in [-0.1, -0.05) is 15.9 Å². The van der Waals surface area contributed by atoms with E-state index in [1.54, 1.807) is 18.2 Å². The van der Waals surface area contributed by atoms with Crippen LogP contribution in [0, 0.1) is 0 Å². The number of alkyl halides is 2. The van der Waals surface area contributed by atoms with Gasteiger partial charge in [-0.05, 0) is 23.8 Å². The molecule has 0 fully saturated rings. The number of benzene rings is 1. The molecule has 0 bridgehead atoms. The molecule has 1 aromatic rings. The molecule has 2 N–H and O–H groups in total. The number of halogens is 3. The molecular weight excluding hydrogens is 268 g/mol. The van der Waals surface area contributed by atoms with Crippen LogP contribution >= 0.6 is 15.9 Å². The number of ether oxygens (including phenoxy) is 1. The van der Waals surface area contributed by atoms with Gasteiger partial charge in [-0.25, -0.2) is 8.78 Å². The molecule has 0 aliphatic rings. The molecule has 5 heteroatoms. The normalized spacial score (nSPS) is 12.9. The second-order valence-electron chi connectivity index (χ2n) is 3.12. The molecule has 0 saturated carbocycles. The molecule has 1 aromatic carbocycles. The van der Waals surface area contributed by atoms with E-state index >= 15 is 0 Å². The Balaban J connectivity index is 2.91. The molecule has 0 amide bonds. The maximum Gasteiger partial charge on any atom is 0.240 e. The zero-order valence-corrected chi connectivity index (χ0v) is 9.80. The van der Waals surface area contributed by atoms with Crippen LogP contribution in [0.2, 0.25) is 0 Å². The van der Waals surface area contributed by atoms with Crippen LogP contribution < -0.4 is 10.5 Å². The maximum atomic E-state index is 12.2. The van der Waals surface area contributed by atoms with Crippen LogP contribution in [0.25, 0.3) is 0 Å². The zero-order chi connectivity index (χ0) is 11.4. The molecule has 84 valence electrons. The van der Waals surface area contributed by atoms with Crippen LogP contribution in [0.1, 0.15) is 18.0 Å². The molecule has 0 aliphatic carbocycles. The van der Waals surface area contributed by atoms with Crippen LogP contribution in [-0.4, -0.2) is 13.5 Å². The summed E-state index contributed by atoms with van der Waals surface area (Å²) in [6.07, 6.45) is -2.76. The van der Waals surface area contributed by atoms with Crippen LogP contribution in [-0.2, 0) is 0 Å². The molecular formula is C10H12BrF2NO. The van der Waals surface area contributed by atoms with Crippen molar-refractivity contribution in [2.45, 2.75) is 18.9 Å². The lowest BCUT2D eigenvalue weighted by molar-refractivity contribution is 0.128. The first-order valence-electron chi connectivity index (χ1n) is 4.41. The topological polar surface area (TPSA) is 35.2 Å². The molecule has 0 saturated heterocycles. The van der Waals surface area contributed by atoms with E-state index in [4.69, 9.17) is 10.5 Å². The molecule has 2 nitrogen and oxygen atoms in total. The van der Waals surface area contributed by atoms with Gasteiger partial charge in [-0.15, -0.1) is 0 Å². The lowest BCUT2D eigenvalue weighted by Crippen LogP contribution is -2.14. The summed E-state index contributed by atoms with van der Waals surface area (Å²) in [5, 5.41) is 0. The lowest BCUT2D eigenvalue weighted by Gasteiger charge is -2.14. The Hall–Kier alpha value is -0.680. The van der Waals surface area contributed by atoms with E-state index in [0.717, 1.165) is 4.47 Å². The Morgan fingerprint density at radius 2 is 2.13 bits per heavy atom. The van der Waals surface area contributed by atoms with Gasteiger partial charge in [-0.2, -0.15) is 0 Å². The molecule has 1 atom stereocenters. The summed E-state index contributed by atoms with van der Waals surface area (Å²) in [5.74, 6) is 0.609. The lowest BCUT2D eigenvalue weighted by atomic mass is 10.0. The second kappa shape index (κ2) is 5.42. The summed E-state index contributed by atoms with van der Waals surface area (Å²) in [5.41, 5.74) is 6.29. The summed E-state index contributed by atoms with van der Waals surface area (Å²) in [4.78, 5) is 0. The van der Waals surface area contributed by atoms with Crippen LogP contribution in [0.15, 0.2) is 22.7 Å². The SMILES string of the molecule is COc1ccc(Br)c([C@H](N)CC(F)F)c1. The fourth-order valence-corrected chi connectivity index (χ4v) is 1.79. The fraction of sp³-hybridized carbons (Fsp3) is 0.400. The van der Waals surface area contributed by atoms with Crippen molar-refractivity contribution in [2.24, 2.45) is 5.73 Å². The van der Waals surface area contributed by atoms with Crippen LogP contribution in [0.5, 0.6) is 5.75 Å². The number of rotatable bonds is 4. The predicted octanol–water partition coefficient (Wildman–Crippen LogP) is 3.11. The van der Waals surface area contributed by atoms with E-state index in [1.807, 2.05) is 0 Å². The average molecular weight is 280 g/mol. The van der Waals surface area contributed by atoms with Crippen molar-refractivity contribution in [1.29, 1.82) is 0 Å². The van der Waals surface area contributed by atoms with Gasteiger partial charge in [0.2, 0.25) is 6.43 Å². The summed E-state index contributed by atoms with van der Waals surface area (Å²) in [6.45, 7) is 0. The highest BCUT2D eigenvalue weighted by Gasteiger charge is 2.15. The monoisotopic (exact) mass is 279 g/mol. The third-order valence-electron chi connectivity index (χ3n) is 2.03. The van der Waals surface area contributed by atoms with E-state index < -0.39 is 12.5 Å². The Bertz CT molecular complexity index is 333. The second-order valence-corrected chi connectivity index (χ2v) is 3.98. The third kappa shape index (κ3) is 3.43. The summed E-state index contributed by atoms with van der Waals surface area (Å²) in [6, 6.07) is 4.45. The van der Waals surface area contributed by atoms with Crippen LogP contribution in [0.4, 0.5) is 8.78 Å². The van der Waals surface area contributed by atoms with Gasteiger partial charge < -0.3 is 10.5 Å². The smallest absolute Gasteiger partial charge is 0.240 e. The van der Waals surface area contributed by atoms with Crippen molar-refractivity contribution >= 4 is 15.9 Å². The van der Waals surface area contributed by atoms with Gasteiger partial charge in [0.1, 0.15) is 5.75 Å². The standard InChI is InChI=1S/C10H12BrF2NO/c1-15-6-2-3-8(11)7(4-6)9(14)5-10(12)13/h2-4,9-10H,5,14H2,1H3/t9-/m1/s1. The summed E-state index contributed by atoms with van der Waals surface area (Å²) >= 11 is 3.27. The predicted molar refractivity (Wildman–Crippen MR) is 58.2 cm³/mol. The van der Waals surface area contributed by atoms with E-state index in [1.165, 1.54) is 7.11 Å².